The number of carbonyl (C=O) groups is 2. The zero-order valence-electron chi connectivity index (χ0n) is 31.2. The van der Waals surface area contributed by atoms with E-state index >= 15 is 0 Å². The van der Waals surface area contributed by atoms with Gasteiger partial charge in [-0.05, 0) is 44.4 Å². The molecule has 1 aliphatic rings. The number of carbonyl (C=O) groups excluding carboxylic acids is 2. The smallest absolute Gasteiger partial charge is 0.397 e. The average Bonchev–Trinajstić information content (AvgIpc) is 3.06. The van der Waals surface area contributed by atoms with Crippen molar-refractivity contribution in [2.75, 3.05) is 13.7 Å². The maximum atomic E-state index is 12.7. The molecule has 12 nitrogen and oxygen atoms in total. The summed E-state index contributed by atoms with van der Waals surface area (Å²) in [5, 5.41) is 0. The van der Waals surface area contributed by atoms with Crippen molar-refractivity contribution in [3.8, 4) is 0 Å². The Morgan fingerprint density at radius 1 is 0.660 bits per heavy atom. The molecule has 0 aliphatic carbocycles. The molecule has 0 aromatic carbocycles. The number of methoxy groups -OCH3 is 1. The molecule has 296 valence electrons. The molecule has 0 aromatic rings. The largest absolute Gasteiger partial charge is 0.467 e. The molecule has 0 saturated carbocycles. The quantitative estimate of drug-likeness (QED) is 0.0394. The van der Waals surface area contributed by atoms with Crippen LogP contribution in [-0.4, -0.2) is 74.6 Å². The normalized spacial score (nSPS) is 17.4. The van der Waals surface area contributed by atoms with Crippen molar-refractivity contribution in [2.24, 2.45) is 5.92 Å². The lowest BCUT2D eigenvalue weighted by Crippen LogP contribution is -2.48. The third kappa shape index (κ3) is 24.0. The highest BCUT2D eigenvalue weighted by molar-refractivity contribution is 7.81. The van der Waals surface area contributed by atoms with Gasteiger partial charge in [0.15, 0.2) is 0 Å². The van der Waals surface area contributed by atoms with Gasteiger partial charge in [-0.1, -0.05) is 136 Å². The van der Waals surface area contributed by atoms with E-state index in [4.69, 9.17) is 13.1 Å². The fourth-order valence-corrected chi connectivity index (χ4v) is 8.02. The second kappa shape index (κ2) is 27.3. The number of amides is 1. The van der Waals surface area contributed by atoms with Crippen LogP contribution in [0.1, 0.15) is 181 Å². The number of nitrogens with zero attached hydrogens (tertiary/aromatic N) is 1. The van der Waals surface area contributed by atoms with E-state index in [-0.39, 0.29) is 24.7 Å². The number of rotatable bonds is 31. The maximum Gasteiger partial charge on any atom is 0.397 e. The summed E-state index contributed by atoms with van der Waals surface area (Å²) in [7, 11) is -8.36. The number of esters is 1. The number of hydrogen-bond acceptors (Lipinski definition) is 9. The molecule has 50 heavy (non-hydrogen) atoms. The average molecular weight is 756 g/mol. The van der Waals surface area contributed by atoms with Gasteiger partial charge in [0.2, 0.25) is 5.91 Å². The molecule has 0 radical (unpaired) electrons. The molecule has 14 heteroatoms. The summed E-state index contributed by atoms with van der Waals surface area (Å²) in [5.41, 5.74) is 0. The van der Waals surface area contributed by atoms with Crippen LogP contribution in [0.25, 0.3) is 0 Å². The Bertz CT molecular complexity index is 1120. The van der Waals surface area contributed by atoms with E-state index in [0.717, 1.165) is 96.3 Å². The minimum Gasteiger partial charge on any atom is -0.467 e. The number of piperidine rings is 1. The van der Waals surface area contributed by atoms with E-state index in [1.807, 2.05) is 0 Å². The Labute approximate surface area is 304 Å². The monoisotopic (exact) mass is 755 g/mol. The molecular weight excluding hydrogens is 687 g/mol. The van der Waals surface area contributed by atoms with Gasteiger partial charge >= 0.3 is 26.8 Å². The van der Waals surface area contributed by atoms with Gasteiger partial charge in [-0.3, -0.25) is 13.9 Å². The van der Waals surface area contributed by atoms with E-state index in [9.17, 15) is 35.5 Å². The van der Waals surface area contributed by atoms with Crippen LogP contribution in [0.4, 0.5) is 0 Å². The maximum absolute atomic E-state index is 12.7. The molecule has 0 unspecified atom stereocenters. The SMILES string of the molecule is CCCCCC[C@H](C)CCCCCC[C@H](OS(=O)(=O)O)[C@@H](CCCCCCCCCCCCC(=O)N1CCCC[C@@H]1C(=O)OC)OS(=O)(=O)O. The van der Waals surface area contributed by atoms with Gasteiger partial charge in [0.1, 0.15) is 18.2 Å². The van der Waals surface area contributed by atoms with Crippen LogP contribution in [0.5, 0.6) is 0 Å². The molecule has 1 aliphatic heterocycles. The Balaban J connectivity index is 2.32. The summed E-state index contributed by atoms with van der Waals surface area (Å²) in [6.07, 6.45) is 20.8. The molecule has 0 spiro atoms. The van der Waals surface area contributed by atoms with Gasteiger partial charge in [0.25, 0.3) is 0 Å². The van der Waals surface area contributed by atoms with Crippen LogP contribution in [0.2, 0.25) is 0 Å². The van der Waals surface area contributed by atoms with Crippen LogP contribution in [0.15, 0.2) is 0 Å². The standard InChI is InChI=1S/C36H69NO11S2/c1-4-5-6-17-24-31(2)25-18-15-16-20-28-34(48-50(43,44)45)33(47-49(40,41)42)27-19-13-11-9-7-8-10-12-14-21-29-35(38)37-30-23-22-26-32(37)36(39)46-3/h31-34H,4-30H2,1-3H3,(H,40,41,42)(H,43,44,45)/t31-,32+,33+,34-/m0/s1. The summed E-state index contributed by atoms with van der Waals surface area (Å²) < 4.78 is 79.7. The van der Waals surface area contributed by atoms with Crippen LogP contribution in [-0.2, 0) is 43.5 Å². The summed E-state index contributed by atoms with van der Waals surface area (Å²) in [5.74, 6) is 0.367. The minimum atomic E-state index is -4.86. The zero-order chi connectivity index (χ0) is 37.3. The van der Waals surface area contributed by atoms with Gasteiger partial charge in [-0.15, -0.1) is 0 Å². The van der Waals surface area contributed by atoms with Crippen LogP contribution < -0.4 is 0 Å². The lowest BCUT2D eigenvalue weighted by molar-refractivity contribution is -0.154. The molecule has 0 bridgehead atoms. The molecule has 1 rings (SSSR count). The number of likely N-dealkylation sites (tertiary alicyclic amines) is 1. The summed E-state index contributed by atoms with van der Waals surface area (Å²) in [6.45, 7) is 5.09. The van der Waals surface area contributed by atoms with E-state index in [2.05, 4.69) is 13.8 Å². The van der Waals surface area contributed by atoms with Crippen molar-refractivity contribution in [3.05, 3.63) is 0 Å². The van der Waals surface area contributed by atoms with E-state index in [1.54, 1.807) is 4.90 Å². The van der Waals surface area contributed by atoms with Crippen molar-refractivity contribution >= 4 is 32.7 Å². The van der Waals surface area contributed by atoms with Gasteiger partial charge in [-0.25, -0.2) is 13.2 Å². The Hall–Kier alpha value is -1.32. The van der Waals surface area contributed by atoms with E-state index in [0.29, 0.717) is 38.1 Å². The highest BCUT2D eigenvalue weighted by Crippen LogP contribution is 2.24. The third-order valence-electron chi connectivity index (χ3n) is 9.82. The first kappa shape index (κ1) is 46.7. The summed E-state index contributed by atoms with van der Waals surface area (Å²) >= 11 is 0. The van der Waals surface area contributed by atoms with E-state index < -0.39 is 39.0 Å². The number of ether oxygens (including phenoxy) is 1. The second-order valence-electron chi connectivity index (χ2n) is 14.3. The molecule has 1 heterocycles. The van der Waals surface area contributed by atoms with E-state index in [1.165, 1.54) is 39.2 Å². The third-order valence-corrected chi connectivity index (χ3v) is 10.8. The number of hydrogen-bond donors (Lipinski definition) is 2. The van der Waals surface area contributed by atoms with Gasteiger partial charge in [-0.2, -0.15) is 16.8 Å². The fourth-order valence-electron chi connectivity index (χ4n) is 6.95. The zero-order valence-corrected chi connectivity index (χ0v) is 32.9. The molecule has 4 atom stereocenters. The predicted octanol–water partition coefficient (Wildman–Crippen LogP) is 8.54. The fraction of sp³-hybridized carbons (Fsp3) is 0.944. The molecule has 2 N–H and O–H groups in total. The van der Waals surface area contributed by atoms with Crippen molar-refractivity contribution in [1.82, 2.24) is 4.90 Å². The predicted molar refractivity (Wildman–Crippen MR) is 195 cm³/mol. The summed E-state index contributed by atoms with van der Waals surface area (Å²) in [4.78, 5) is 26.4. The molecule has 0 aromatic heterocycles. The van der Waals surface area contributed by atoms with Gasteiger partial charge in [0, 0.05) is 13.0 Å². The Morgan fingerprint density at radius 3 is 1.52 bits per heavy atom. The van der Waals surface area contributed by atoms with Crippen molar-refractivity contribution < 1.29 is 48.6 Å². The lowest BCUT2D eigenvalue weighted by atomic mass is 9.95. The highest BCUT2D eigenvalue weighted by atomic mass is 32.3. The first-order chi connectivity index (χ1) is 23.8. The second-order valence-corrected chi connectivity index (χ2v) is 16.4. The first-order valence-corrected chi connectivity index (χ1v) is 22.2. The molecule has 1 saturated heterocycles. The minimum absolute atomic E-state index is 0.0315. The number of unbranched alkanes of at least 4 members (excludes halogenated alkanes) is 15. The van der Waals surface area contributed by atoms with Gasteiger partial charge < -0.3 is 9.64 Å². The summed E-state index contributed by atoms with van der Waals surface area (Å²) in [6, 6.07) is -0.447. The van der Waals surface area contributed by atoms with Crippen molar-refractivity contribution in [2.45, 2.75) is 199 Å². The van der Waals surface area contributed by atoms with Crippen LogP contribution >= 0.6 is 0 Å². The Morgan fingerprint density at radius 2 is 1.08 bits per heavy atom. The highest BCUT2D eigenvalue weighted by Gasteiger charge is 2.33. The molecular formula is C36H69NO11S2. The van der Waals surface area contributed by atoms with Crippen LogP contribution in [0.3, 0.4) is 0 Å². The molecule has 1 fully saturated rings. The van der Waals surface area contributed by atoms with Gasteiger partial charge in [0.05, 0.1) is 7.11 Å². The van der Waals surface area contributed by atoms with Crippen LogP contribution in [0, 0.1) is 5.92 Å². The first-order valence-electron chi connectivity index (χ1n) is 19.5. The Kier molecular flexibility index (Phi) is 25.5. The van der Waals surface area contributed by atoms with Crippen molar-refractivity contribution in [3.63, 3.8) is 0 Å². The topological polar surface area (TPSA) is 174 Å². The lowest BCUT2D eigenvalue weighted by Gasteiger charge is -2.33. The molecule has 1 amide bonds. The van der Waals surface area contributed by atoms with Crippen molar-refractivity contribution in [1.29, 1.82) is 0 Å².